The summed E-state index contributed by atoms with van der Waals surface area (Å²) in [5.41, 5.74) is 1.79. The second-order valence-corrected chi connectivity index (χ2v) is 4.47. The van der Waals surface area contributed by atoms with Crippen LogP contribution in [-0.4, -0.2) is 33.5 Å². The van der Waals surface area contributed by atoms with Crippen LogP contribution in [0.4, 0.5) is 10.1 Å². The molecular weight excluding hydrogens is 289 g/mol. The summed E-state index contributed by atoms with van der Waals surface area (Å²) in [6.45, 7) is 4.31. The molecule has 0 aliphatic rings. The minimum atomic E-state index is -0.265. The van der Waals surface area contributed by atoms with E-state index in [4.69, 9.17) is 9.47 Å². The minimum Gasteiger partial charge on any atom is -0.382 e. The molecule has 17 heavy (non-hydrogen) atoms. The van der Waals surface area contributed by atoms with Gasteiger partial charge in [0.25, 0.3) is 0 Å². The Morgan fingerprint density at radius 3 is 2.76 bits per heavy atom. The molecule has 0 radical (unpaired) electrons. The van der Waals surface area contributed by atoms with E-state index in [1.54, 1.807) is 13.2 Å². The first-order chi connectivity index (χ1) is 8.15. The number of anilines is 1. The third-order valence-electron chi connectivity index (χ3n) is 2.26. The van der Waals surface area contributed by atoms with E-state index in [1.165, 1.54) is 6.07 Å². The van der Waals surface area contributed by atoms with Crippen molar-refractivity contribution in [2.75, 3.05) is 38.8 Å². The molecule has 0 unspecified atom stereocenters. The van der Waals surface area contributed by atoms with E-state index < -0.39 is 0 Å². The topological polar surface area (TPSA) is 30.5 Å². The first kappa shape index (κ1) is 14.4. The Morgan fingerprint density at radius 2 is 2.06 bits per heavy atom. The average molecular weight is 306 g/mol. The van der Waals surface area contributed by atoms with Crippen molar-refractivity contribution in [2.24, 2.45) is 0 Å². The molecule has 5 heteroatoms. The van der Waals surface area contributed by atoms with Crippen molar-refractivity contribution in [3.8, 4) is 0 Å². The highest BCUT2D eigenvalue weighted by Gasteiger charge is 2.04. The van der Waals surface area contributed by atoms with E-state index in [9.17, 15) is 4.39 Å². The van der Waals surface area contributed by atoms with Crippen molar-refractivity contribution in [3.05, 3.63) is 28.0 Å². The highest BCUT2D eigenvalue weighted by molar-refractivity contribution is 9.10. The van der Waals surface area contributed by atoms with E-state index >= 15 is 0 Å². The van der Waals surface area contributed by atoms with Gasteiger partial charge < -0.3 is 14.8 Å². The van der Waals surface area contributed by atoms with Gasteiger partial charge in [-0.2, -0.15) is 0 Å². The fourth-order valence-electron chi connectivity index (χ4n) is 1.34. The van der Waals surface area contributed by atoms with Gasteiger partial charge in [-0.15, -0.1) is 0 Å². The lowest BCUT2D eigenvalue weighted by Crippen LogP contribution is -2.12. The number of benzene rings is 1. The molecule has 0 atom stereocenters. The highest BCUT2D eigenvalue weighted by Crippen LogP contribution is 2.23. The summed E-state index contributed by atoms with van der Waals surface area (Å²) >= 11 is 3.15. The third-order valence-corrected chi connectivity index (χ3v) is 2.87. The maximum Gasteiger partial charge on any atom is 0.139 e. The molecule has 0 spiro atoms. The van der Waals surface area contributed by atoms with Crippen LogP contribution in [0.15, 0.2) is 16.6 Å². The van der Waals surface area contributed by atoms with E-state index in [0.29, 0.717) is 30.8 Å². The summed E-state index contributed by atoms with van der Waals surface area (Å²) in [6, 6.07) is 3.23. The summed E-state index contributed by atoms with van der Waals surface area (Å²) in [4.78, 5) is 0. The number of ether oxygens (including phenoxy) is 2. The zero-order valence-corrected chi connectivity index (χ0v) is 11.6. The van der Waals surface area contributed by atoms with Crippen LogP contribution in [0.25, 0.3) is 0 Å². The van der Waals surface area contributed by atoms with E-state index in [1.807, 2.05) is 6.92 Å². The molecule has 0 amide bonds. The smallest absolute Gasteiger partial charge is 0.139 e. The lowest BCUT2D eigenvalue weighted by atomic mass is 10.2. The quantitative estimate of drug-likeness (QED) is 0.786. The highest BCUT2D eigenvalue weighted by atomic mass is 79.9. The molecule has 1 aromatic rings. The molecule has 0 heterocycles. The largest absolute Gasteiger partial charge is 0.382 e. The zero-order chi connectivity index (χ0) is 12.7. The van der Waals surface area contributed by atoms with Crippen molar-refractivity contribution in [2.45, 2.75) is 6.92 Å². The van der Waals surface area contributed by atoms with Gasteiger partial charge in [-0.1, -0.05) is 0 Å². The van der Waals surface area contributed by atoms with Crippen molar-refractivity contribution in [1.82, 2.24) is 0 Å². The van der Waals surface area contributed by atoms with Crippen molar-refractivity contribution in [3.63, 3.8) is 0 Å². The van der Waals surface area contributed by atoms with Crippen LogP contribution in [0.3, 0.4) is 0 Å². The Kier molecular flexibility index (Phi) is 6.47. The second-order valence-electron chi connectivity index (χ2n) is 3.61. The van der Waals surface area contributed by atoms with Crippen LogP contribution in [-0.2, 0) is 9.47 Å². The molecule has 0 aliphatic heterocycles. The Labute approximate surface area is 109 Å². The summed E-state index contributed by atoms with van der Waals surface area (Å²) in [5, 5.41) is 3.13. The number of hydrogen-bond acceptors (Lipinski definition) is 3. The van der Waals surface area contributed by atoms with Gasteiger partial charge in [0.05, 0.1) is 24.3 Å². The van der Waals surface area contributed by atoms with Gasteiger partial charge in [-0.25, -0.2) is 4.39 Å². The van der Waals surface area contributed by atoms with Gasteiger partial charge in [0.1, 0.15) is 5.82 Å². The van der Waals surface area contributed by atoms with E-state index in [-0.39, 0.29) is 5.82 Å². The van der Waals surface area contributed by atoms with Gasteiger partial charge in [0.2, 0.25) is 0 Å². The summed E-state index contributed by atoms with van der Waals surface area (Å²) < 4.78 is 23.9. The molecule has 3 nitrogen and oxygen atoms in total. The first-order valence-electron chi connectivity index (χ1n) is 5.41. The Hall–Kier alpha value is -0.650. The van der Waals surface area contributed by atoms with Gasteiger partial charge in [0, 0.05) is 19.3 Å². The van der Waals surface area contributed by atoms with E-state index in [2.05, 4.69) is 21.2 Å². The average Bonchev–Trinajstić information content (AvgIpc) is 2.30. The van der Waals surface area contributed by atoms with Gasteiger partial charge in [0.15, 0.2) is 0 Å². The predicted molar refractivity (Wildman–Crippen MR) is 70.0 cm³/mol. The molecule has 1 rings (SSSR count). The van der Waals surface area contributed by atoms with Gasteiger partial charge >= 0.3 is 0 Å². The Morgan fingerprint density at radius 1 is 1.29 bits per heavy atom. The van der Waals surface area contributed by atoms with Crippen LogP contribution in [0.5, 0.6) is 0 Å². The van der Waals surface area contributed by atoms with Crippen molar-refractivity contribution >= 4 is 21.6 Å². The van der Waals surface area contributed by atoms with Gasteiger partial charge in [-0.3, -0.25) is 0 Å². The first-order valence-corrected chi connectivity index (χ1v) is 6.20. The summed E-state index contributed by atoms with van der Waals surface area (Å²) in [5.74, 6) is -0.265. The summed E-state index contributed by atoms with van der Waals surface area (Å²) in [7, 11) is 1.63. The Bertz CT molecular complexity index is 361. The number of hydrogen-bond donors (Lipinski definition) is 1. The van der Waals surface area contributed by atoms with Crippen molar-refractivity contribution < 1.29 is 13.9 Å². The molecule has 1 N–H and O–H groups in total. The molecule has 0 saturated heterocycles. The predicted octanol–water partition coefficient (Wildman–Crippen LogP) is 2.97. The number of aryl methyl sites for hydroxylation is 1. The zero-order valence-electron chi connectivity index (χ0n) is 10.1. The monoisotopic (exact) mass is 305 g/mol. The number of halogens is 2. The summed E-state index contributed by atoms with van der Waals surface area (Å²) in [6.07, 6.45) is 0. The maximum absolute atomic E-state index is 13.3. The molecule has 0 bridgehead atoms. The Balaban J connectivity index is 2.34. The van der Waals surface area contributed by atoms with Crippen molar-refractivity contribution in [1.29, 1.82) is 0 Å². The molecule has 0 aromatic heterocycles. The fourth-order valence-corrected chi connectivity index (χ4v) is 1.80. The van der Waals surface area contributed by atoms with Crippen LogP contribution in [0, 0.1) is 12.7 Å². The minimum absolute atomic E-state index is 0.265. The number of rotatable bonds is 7. The van der Waals surface area contributed by atoms with Crippen LogP contribution >= 0.6 is 15.9 Å². The lowest BCUT2D eigenvalue weighted by Gasteiger charge is -2.10. The number of nitrogens with one attached hydrogen (secondary N) is 1. The van der Waals surface area contributed by atoms with Crippen LogP contribution in [0.2, 0.25) is 0 Å². The molecule has 1 aromatic carbocycles. The fraction of sp³-hybridized carbons (Fsp3) is 0.500. The molecule has 0 aliphatic carbocycles. The maximum atomic E-state index is 13.3. The molecular formula is C12H17BrFNO2. The normalized spacial score (nSPS) is 10.6. The van der Waals surface area contributed by atoms with Crippen LogP contribution in [0.1, 0.15) is 5.56 Å². The van der Waals surface area contributed by atoms with Crippen LogP contribution < -0.4 is 5.32 Å². The third kappa shape index (κ3) is 5.02. The second kappa shape index (κ2) is 7.63. The standard InChI is InChI=1S/C12H17BrFNO2/c1-9-7-10(13)11(14)8-12(9)15-3-4-17-6-5-16-2/h7-8,15H,3-6H2,1-2H3. The lowest BCUT2D eigenvalue weighted by molar-refractivity contribution is 0.0759. The number of methoxy groups -OCH3 is 1. The molecule has 96 valence electrons. The SMILES string of the molecule is COCCOCCNc1cc(F)c(Br)cc1C. The van der Waals surface area contributed by atoms with Gasteiger partial charge in [-0.05, 0) is 40.5 Å². The molecule has 0 saturated carbocycles. The molecule has 0 fully saturated rings. The van der Waals surface area contributed by atoms with E-state index in [0.717, 1.165) is 11.3 Å².